The molecule has 0 fully saturated rings. The number of hydrogen-bond donors (Lipinski definition) is 0. The van der Waals surface area contributed by atoms with Crippen molar-refractivity contribution >= 4 is 43.6 Å². The van der Waals surface area contributed by atoms with Crippen LogP contribution in [-0.4, -0.2) is 30.0 Å². The molecule has 0 saturated heterocycles. The van der Waals surface area contributed by atoms with Crippen LogP contribution in [0.25, 0.3) is 55.0 Å². The zero-order chi connectivity index (χ0) is 23.9. The molecular formula is C30H20Cl2N6Ti. The van der Waals surface area contributed by atoms with E-state index in [9.17, 15) is 0 Å². The molecule has 0 N–H and O–H groups in total. The first-order valence-electron chi connectivity index (χ1n) is 11.8. The van der Waals surface area contributed by atoms with E-state index < -0.39 is 0 Å². The average molecular weight is 583 g/mol. The van der Waals surface area contributed by atoms with Crippen molar-refractivity contribution in [1.29, 1.82) is 0 Å². The Morgan fingerprint density at radius 3 is 1.31 bits per heavy atom. The molecular weight excluding hydrogens is 563 g/mol. The minimum atomic E-state index is 0. The van der Waals surface area contributed by atoms with Gasteiger partial charge in [0, 0.05) is 0 Å². The Morgan fingerprint density at radius 1 is 0.487 bits per heavy atom. The fourth-order valence-electron chi connectivity index (χ4n) is 4.63. The molecule has 0 aliphatic heterocycles. The van der Waals surface area contributed by atoms with Gasteiger partial charge in [0.2, 0.25) is 0 Å². The topological polar surface area (TPSA) is 61.4 Å². The molecule has 0 radical (unpaired) electrons. The van der Waals surface area contributed by atoms with Crippen LogP contribution < -0.4 is 24.8 Å². The van der Waals surface area contributed by atoms with Crippen LogP contribution in [0.5, 0.6) is 0 Å². The summed E-state index contributed by atoms with van der Waals surface area (Å²) in [6, 6.07) is 41.1. The SMILES string of the molecule is [Cl-].[Cl-].[Ti+4].c1ccc2[cH-]c(-n3nnc4ccccc43)cc2c1.c1ccc2[cH-]c(-n3nnc4ccccc43)cc2c1. The summed E-state index contributed by atoms with van der Waals surface area (Å²) < 4.78 is 3.77. The van der Waals surface area contributed by atoms with Gasteiger partial charge in [-0.25, -0.2) is 9.36 Å². The molecule has 0 unspecified atom stereocenters. The van der Waals surface area contributed by atoms with E-state index in [0.29, 0.717) is 0 Å². The third kappa shape index (κ3) is 5.25. The van der Waals surface area contributed by atoms with Gasteiger partial charge < -0.3 is 24.8 Å². The summed E-state index contributed by atoms with van der Waals surface area (Å²) in [6.45, 7) is 0. The summed E-state index contributed by atoms with van der Waals surface area (Å²) >= 11 is 0. The van der Waals surface area contributed by atoms with E-state index in [2.05, 4.69) is 69.2 Å². The van der Waals surface area contributed by atoms with E-state index in [1.165, 1.54) is 21.5 Å². The van der Waals surface area contributed by atoms with Crippen molar-refractivity contribution in [3.63, 3.8) is 0 Å². The van der Waals surface area contributed by atoms with Gasteiger partial charge in [-0.2, -0.15) is 0 Å². The van der Waals surface area contributed by atoms with E-state index in [4.69, 9.17) is 0 Å². The number of fused-ring (bicyclic) bond motifs is 4. The molecule has 39 heavy (non-hydrogen) atoms. The predicted octanol–water partition coefficient (Wildman–Crippen LogP) is 0.591. The van der Waals surface area contributed by atoms with Crippen LogP contribution in [-0.2, 0) is 21.7 Å². The number of nitrogens with zero attached hydrogens (tertiary/aromatic N) is 6. The molecule has 6 nitrogen and oxygen atoms in total. The van der Waals surface area contributed by atoms with Crippen LogP contribution in [0.2, 0.25) is 0 Å². The van der Waals surface area contributed by atoms with Gasteiger partial charge >= 0.3 is 21.7 Å². The molecule has 0 bridgehead atoms. The van der Waals surface area contributed by atoms with Crippen molar-refractivity contribution in [1.82, 2.24) is 30.0 Å². The third-order valence-electron chi connectivity index (χ3n) is 6.40. The number of rotatable bonds is 2. The van der Waals surface area contributed by atoms with Crippen molar-refractivity contribution in [2.75, 3.05) is 0 Å². The van der Waals surface area contributed by atoms with Crippen LogP contribution in [0.3, 0.4) is 0 Å². The molecule has 2 aromatic heterocycles. The largest absolute Gasteiger partial charge is 4.00 e. The van der Waals surface area contributed by atoms with Crippen LogP contribution >= 0.6 is 0 Å². The third-order valence-corrected chi connectivity index (χ3v) is 6.40. The normalized spacial score (nSPS) is 10.5. The van der Waals surface area contributed by atoms with E-state index in [1.807, 2.05) is 82.2 Å². The molecule has 2 heterocycles. The predicted molar refractivity (Wildman–Crippen MR) is 144 cm³/mol. The maximum atomic E-state index is 4.23. The minimum absolute atomic E-state index is 0. The van der Waals surface area contributed by atoms with E-state index in [-0.39, 0.29) is 46.5 Å². The molecule has 0 aliphatic carbocycles. The number of benzene rings is 4. The molecule has 6 aromatic carbocycles. The second-order valence-electron chi connectivity index (χ2n) is 8.66. The Kier molecular flexibility index (Phi) is 8.63. The van der Waals surface area contributed by atoms with Crippen LogP contribution in [0.15, 0.2) is 121 Å². The summed E-state index contributed by atoms with van der Waals surface area (Å²) in [6.07, 6.45) is 0. The van der Waals surface area contributed by atoms with Gasteiger partial charge in [-0.3, -0.25) is 0 Å². The van der Waals surface area contributed by atoms with Gasteiger partial charge in [0.15, 0.2) is 0 Å². The molecule has 0 saturated carbocycles. The molecule has 8 rings (SSSR count). The zero-order valence-corrected chi connectivity index (χ0v) is 23.6. The summed E-state index contributed by atoms with van der Waals surface area (Å²) in [5.74, 6) is 0. The summed E-state index contributed by atoms with van der Waals surface area (Å²) in [5, 5.41) is 21.7. The van der Waals surface area contributed by atoms with E-state index in [1.54, 1.807) is 0 Å². The molecule has 0 spiro atoms. The summed E-state index contributed by atoms with van der Waals surface area (Å²) in [5.41, 5.74) is 6.03. The second kappa shape index (κ2) is 11.9. The van der Waals surface area contributed by atoms with Crippen LogP contribution in [0, 0.1) is 0 Å². The van der Waals surface area contributed by atoms with E-state index in [0.717, 1.165) is 33.4 Å². The van der Waals surface area contributed by atoms with Gasteiger partial charge in [0.1, 0.15) is 11.0 Å². The fraction of sp³-hybridized carbons (Fsp3) is 0. The molecule has 8 aromatic rings. The quantitative estimate of drug-likeness (QED) is 0.221. The van der Waals surface area contributed by atoms with Crippen molar-refractivity contribution in [2.24, 2.45) is 0 Å². The van der Waals surface area contributed by atoms with Gasteiger partial charge in [0.25, 0.3) is 0 Å². The van der Waals surface area contributed by atoms with Gasteiger partial charge in [-0.05, 0) is 35.6 Å². The van der Waals surface area contributed by atoms with Gasteiger partial charge in [-0.1, -0.05) is 46.8 Å². The first-order chi connectivity index (χ1) is 17.8. The number of halogens is 2. The molecule has 0 amide bonds. The minimum Gasteiger partial charge on any atom is -1.00 e. The maximum absolute atomic E-state index is 4.23. The first kappa shape index (κ1) is 28.2. The molecule has 0 atom stereocenters. The van der Waals surface area contributed by atoms with Crippen molar-refractivity contribution in [3.05, 3.63) is 121 Å². The first-order valence-corrected chi connectivity index (χ1v) is 11.8. The van der Waals surface area contributed by atoms with Crippen molar-refractivity contribution in [2.45, 2.75) is 0 Å². The molecule has 0 aliphatic rings. The Morgan fingerprint density at radius 2 is 0.872 bits per heavy atom. The number of hydrogen-bond acceptors (Lipinski definition) is 4. The van der Waals surface area contributed by atoms with Gasteiger partial charge in [0.05, 0.1) is 11.0 Å². The zero-order valence-electron chi connectivity index (χ0n) is 20.5. The number of para-hydroxylation sites is 2. The van der Waals surface area contributed by atoms with E-state index >= 15 is 0 Å². The Bertz CT molecular complexity index is 1770. The Balaban J connectivity index is 0.000000168. The monoisotopic (exact) mass is 582 g/mol. The van der Waals surface area contributed by atoms with Crippen molar-refractivity contribution < 1.29 is 46.5 Å². The summed E-state index contributed by atoms with van der Waals surface area (Å²) in [4.78, 5) is 0. The average Bonchev–Trinajstić information content (AvgIpc) is 3.71. The Hall–Kier alpha value is -3.81. The number of aromatic nitrogens is 6. The standard InChI is InChI=1S/2C15H10N3.2ClH.Ti/c2*1-2-6-12-10-13(9-11(12)5-1)18-15-8-4-3-7-14(15)16-17-18;;;/h2*1-10H;2*1H;/q2*-1;;;+4/p-2. The molecule has 9 heteroatoms. The maximum Gasteiger partial charge on any atom is 4.00 e. The van der Waals surface area contributed by atoms with Gasteiger partial charge in [-0.15, -0.1) is 92.4 Å². The van der Waals surface area contributed by atoms with Crippen LogP contribution in [0.1, 0.15) is 0 Å². The smallest absolute Gasteiger partial charge is 1.00 e. The summed E-state index contributed by atoms with van der Waals surface area (Å²) in [7, 11) is 0. The molecule has 188 valence electrons. The Labute approximate surface area is 251 Å². The van der Waals surface area contributed by atoms with Crippen molar-refractivity contribution in [3.8, 4) is 11.4 Å². The fourth-order valence-corrected chi connectivity index (χ4v) is 4.63. The second-order valence-corrected chi connectivity index (χ2v) is 8.66. The van der Waals surface area contributed by atoms with Crippen LogP contribution in [0.4, 0.5) is 0 Å².